The Kier molecular flexibility index (Phi) is 11.4. The SMILES string of the molecule is C=CC(C)NCC(O)COCC(CC)CCCC. The van der Waals surface area contributed by atoms with E-state index in [2.05, 4.69) is 25.7 Å². The molecule has 2 N–H and O–H groups in total. The summed E-state index contributed by atoms with van der Waals surface area (Å²) in [5.74, 6) is 0.636. The number of aliphatic hydroxyl groups excluding tert-OH is 1. The third kappa shape index (κ3) is 9.63. The maximum absolute atomic E-state index is 9.73. The smallest absolute Gasteiger partial charge is 0.0897 e. The van der Waals surface area contributed by atoms with Gasteiger partial charge in [-0.3, -0.25) is 0 Å². The lowest BCUT2D eigenvalue weighted by molar-refractivity contribution is 0.0189. The molecule has 0 heterocycles. The molecule has 18 heavy (non-hydrogen) atoms. The van der Waals surface area contributed by atoms with E-state index in [0.29, 0.717) is 19.1 Å². The van der Waals surface area contributed by atoms with E-state index in [0.717, 1.165) is 13.0 Å². The van der Waals surface area contributed by atoms with Crippen molar-refractivity contribution in [3.8, 4) is 0 Å². The Balaban J connectivity index is 3.58. The van der Waals surface area contributed by atoms with E-state index in [1.54, 1.807) is 0 Å². The molecule has 0 spiro atoms. The van der Waals surface area contributed by atoms with Crippen LogP contribution in [0, 0.1) is 5.92 Å². The predicted octanol–water partition coefficient (Wildman–Crippen LogP) is 2.74. The van der Waals surface area contributed by atoms with Crippen LogP contribution in [0.2, 0.25) is 0 Å². The molecule has 0 aromatic heterocycles. The normalized spacial score (nSPS) is 16.2. The highest BCUT2D eigenvalue weighted by molar-refractivity contribution is 4.81. The van der Waals surface area contributed by atoms with Crippen molar-refractivity contribution >= 4 is 0 Å². The molecule has 0 aromatic carbocycles. The quantitative estimate of drug-likeness (QED) is 0.528. The van der Waals surface area contributed by atoms with Gasteiger partial charge in [0.15, 0.2) is 0 Å². The van der Waals surface area contributed by atoms with Crippen molar-refractivity contribution in [2.24, 2.45) is 5.92 Å². The van der Waals surface area contributed by atoms with Crippen LogP contribution in [0.1, 0.15) is 46.5 Å². The fourth-order valence-electron chi connectivity index (χ4n) is 1.73. The van der Waals surface area contributed by atoms with Crippen LogP contribution in [0.4, 0.5) is 0 Å². The van der Waals surface area contributed by atoms with Gasteiger partial charge in [-0.15, -0.1) is 6.58 Å². The Hall–Kier alpha value is -0.380. The standard InChI is InChI=1S/C15H31NO2/c1-5-8-9-14(7-3)11-18-12-15(17)10-16-13(4)6-2/h6,13-17H,2,5,7-12H2,1,3-4H3. The predicted molar refractivity (Wildman–Crippen MR) is 77.8 cm³/mol. The lowest BCUT2D eigenvalue weighted by Gasteiger charge is -2.18. The van der Waals surface area contributed by atoms with Gasteiger partial charge in [-0.05, 0) is 19.3 Å². The van der Waals surface area contributed by atoms with Crippen molar-refractivity contribution in [1.29, 1.82) is 0 Å². The molecule has 0 fully saturated rings. The molecular weight excluding hydrogens is 226 g/mol. The van der Waals surface area contributed by atoms with Crippen LogP contribution in [0.3, 0.4) is 0 Å². The topological polar surface area (TPSA) is 41.5 Å². The summed E-state index contributed by atoms with van der Waals surface area (Å²) in [6.07, 6.45) is 6.28. The van der Waals surface area contributed by atoms with Gasteiger partial charge in [0.05, 0.1) is 12.7 Å². The summed E-state index contributed by atoms with van der Waals surface area (Å²) in [7, 11) is 0. The van der Waals surface area contributed by atoms with E-state index in [1.165, 1.54) is 19.3 Å². The maximum atomic E-state index is 9.73. The molecule has 0 saturated carbocycles. The van der Waals surface area contributed by atoms with Crippen LogP contribution >= 0.6 is 0 Å². The molecule has 3 atom stereocenters. The molecule has 0 aromatic rings. The Morgan fingerprint density at radius 1 is 1.33 bits per heavy atom. The van der Waals surface area contributed by atoms with Gasteiger partial charge >= 0.3 is 0 Å². The summed E-state index contributed by atoms with van der Waals surface area (Å²) < 4.78 is 5.60. The fraction of sp³-hybridized carbons (Fsp3) is 0.867. The number of nitrogens with one attached hydrogen (secondary N) is 1. The molecule has 0 rings (SSSR count). The minimum Gasteiger partial charge on any atom is -0.389 e. The largest absolute Gasteiger partial charge is 0.389 e. The van der Waals surface area contributed by atoms with Gasteiger partial charge < -0.3 is 15.2 Å². The second-order valence-electron chi connectivity index (χ2n) is 5.04. The minimum absolute atomic E-state index is 0.229. The van der Waals surface area contributed by atoms with Gasteiger partial charge in [-0.2, -0.15) is 0 Å². The Morgan fingerprint density at radius 2 is 2.06 bits per heavy atom. The molecule has 3 nitrogen and oxygen atoms in total. The zero-order valence-electron chi connectivity index (χ0n) is 12.3. The van der Waals surface area contributed by atoms with Gasteiger partial charge in [0.2, 0.25) is 0 Å². The third-order valence-electron chi connectivity index (χ3n) is 3.24. The summed E-state index contributed by atoms with van der Waals surface area (Å²) in [6.45, 7) is 11.9. The van der Waals surface area contributed by atoms with Crippen LogP contribution in [0.25, 0.3) is 0 Å². The van der Waals surface area contributed by atoms with Crippen molar-refractivity contribution < 1.29 is 9.84 Å². The first-order valence-electron chi connectivity index (χ1n) is 7.25. The summed E-state index contributed by atoms with van der Waals surface area (Å²) in [4.78, 5) is 0. The average molecular weight is 257 g/mol. The highest BCUT2D eigenvalue weighted by atomic mass is 16.5. The van der Waals surface area contributed by atoms with Crippen LogP contribution in [0.5, 0.6) is 0 Å². The fourth-order valence-corrected chi connectivity index (χ4v) is 1.73. The third-order valence-corrected chi connectivity index (χ3v) is 3.24. The molecule has 0 radical (unpaired) electrons. The Morgan fingerprint density at radius 3 is 2.61 bits per heavy atom. The van der Waals surface area contributed by atoms with Gasteiger partial charge in [-0.1, -0.05) is 39.2 Å². The number of hydrogen-bond acceptors (Lipinski definition) is 3. The zero-order chi connectivity index (χ0) is 13.8. The summed E-state index contributed by atoms with van der Waals surface area (Å²) >= 11 is 0. The zero-order valence-corrected chi connectivity index (χ0v) is 12.3. The maximum Gasteiger partial charge on any atom is 0.0897 e. The van der Waals surface area contributed by atoms with E-state index in [-0.39, 0.29) is 6.04 Å². The van der Waals surface area contributed by atoms with E-state index < -0.39 is 6.10 Å². The first-order chi connectivity index (χ1) is 8.63. The Labute approximate surface area is 113 Å². The minimum atomic E-state index is -0.434. The average Bonchev–Trinajstić information content (AvgIpc) is 2.39. The monoisotopic (exact) mass is 257 g/mol. The summed E-state index contributed by atoms with van der Waals surface area (Å²) in [5, 5.41) is 12.9. The van der Waals surface area contributed by atoms with Crippen LogP contribution in [-0.2, 0) is 4.74 Å². The molecule has 0 aliphatic carbocycles. The molecule has 0 aliphatic rings. The number of aliphatic hydroxyl groups is 1. The second-order valence-corrected chi connectivity index (χ2v) is 5.04. The van der Waals surface area contributed by atoms with Crippen molar-refractivity contribution in [3.63, 3.8) is 0 Å². The number of hydrogen-bond donors (Lipinski definition) is 2. The van der Waals surface area contributed by atoms with Gasteiger partial charge in [0, 0.05) is 19.2 Å². The van der Waals surface area contributed by atoms with Crippen molar-refractivity contribution in [2.45, 2.75) is 58.6 Å². The van der Waals surface area contributed by atoms with E-state index >= 15 is 0 Å². The van der Waals surface area contributed by atoms with Crippen molar-refractivity contribution in [1.82, 2.24) is 5.32 Å². The van der Waals surface area contributed by atoms with Crippen LogP contribution < -0.4 is 5.32 Å². The highest BCUT2D eigenvalue weighted by Gasteiger charge is 2.09. The van der Waals surface area contributed by atoms with Gasteiger partial charge in [0.25, 0.3) is 0 Å². The molecule has 108 valence electrons. The molecule has 0 saturated heterocycles. The first kappa shape index (κ1) is 17.6. The van der Waals surface area contributed by atoms with Crippen LogP contribution in [-0.4, -0.2) is 37.0 Å². The van der Waals surface area contributed by atoms with E-state index in [4.69, 9.17) is 4.74 Å². The summed E-state index contributed by atoms with van der Waals surface area (Å²) in [6, 6.07) is 0.229. The molecular formula is C15H31NO2. The molecule has 0 bridgehead atoms. The van der Waals surface area contributed by atoms with Gasteiger partial charge in [-0.25, -0.2) is 0 Å². The van der Waals surface area contributed by atoms with Crippen molar-refractivity contribution in [3.05, 3.63) is 12.7 Å². The molecule has 0 amide bonds. The molecule has 3 unspecified atom stereocenters. The second kappa shape index (κ2) is 11.7. The van der Waals surface area contributed by atoms with Crippen LogP contribution in [0.15, 0.2) is 12.7 Å². The first-order valence-corrected chi connectivity index (χ1v) is 7.25. The lowest BCUT2D eigenvalue weighted by Crippen LogP contribution is -2.35. The molecule has 0 aliphatic heterocycles. The number of unbranched alkanes of at least 4 members (excludes halogenated alkanes) is 1. The highest BCUT2D eigenvalue weighted by Crippen LogP contribution is 2.12. The number of rotatable bonds is 12. The molecule has 3 heteroatoms. The van der Waals surface area contributed by atoms with E-state index in [1.807, 2.05) is 13.0 Å². The van der Waals surface area contributed by atoms with Gasteiger partial charge in [0.1, 0.15) is 0 Å². The Bertz CT molecular complexity index is 197. The summed E-state index contributed by atoms with van der Waals surface area (Å²) in [5.41, 5.74) is 0. The van der Waals surface area contributed by atoms with E-state index in [9.17, 15) is 5.11 Å². The lowest BCUT2D eigenvalue weighted by atomic mass is 10.0. The number of ether oxygens (including phenoxy) is 1. The van der Waals surface area contributed by atoms with Crippen molar-refractivity contribution in [2.75, 3.05) is 19.8 Å².